The third-order valence-corrected chi connectivity index (χ3v) is 5.63. The number of allylic oxidation sites excluding steroid dienone is 2. The Labute approximate surface area is 108 Å². The van der Waals surface area contributed by atoms with Crippen LogP contribution in [0.1, 0.15) is 49.7 Å². The number of nitriles is 1. The fourth-order valence-electron chi connectivity index (χ4n) is 4.49. The molecule has 0 radical (unpaired) electrons. The SMILES string of the molecule is N#C/C=C1\CC2(CCC2)C2(CC2)c2ccccc21. The van der Waals surface area contributed by atoms with E-state index in [9.17, 15) is 0 Å². The maximum absolute atomic E-state index is 9.02. The monoisotopic (exact) mass is 235 g/mol. The number of hydrogen-bond donors (Lipinski definition) is 0. The number of fused-ring (bicyclic) bond motifs is 3. The highest BCUT2D eigenvalue weighted by Gasteiger charge is 2.64. The molecule has 0 aliphatic heterocycles. The summed E-state index contributed by atoms with van der Waals surface area (Å²) < 4.78 is 0. The smallest absolute Gasteiger partial charge is 0.0915 e. The van der Waals surface area contributed by atoms with Gasteiger partial charge in [0.2, 0.25) is 0 Å². The van der Waals surface area contributed by atoms with E-state index in [1.165, 1.54) is 48.8 Å². The molecule has 4 rings (SSSR count). The fraction of sp³-hybridized carbons (Fsp3) is 0.471. The first-order valence-electron chi connectivity index (χ1n) is 7.00. The summed E-state index contributed by atoms with van der Waals surface area (Å²) in [7, 11) is 0. The van der Waals surface area contributed by atoms with E-state index in [1.807, 2.05) is 0 Å². The molecule has 0 amide bonds. The van der Waals surface area contributed by atoms with Crippen LogP contribution in [0.25, 0.3) is 5.57 Å². The normalized spacial score (nSPS) is 27.6. The summed E-state index contributed by atoms with van der Waals surface area (Å²) in [5.74, 6) is 0. The molecular weight excluding hydrogens is 218 g/mol. The first-order valence-corrected chi connectivity index (χ1v) is 7.00. The van der Waals surface area contributed by atoms with Crippen LogP contribution in [0.4, 0.5) is 0 Å². The summed E-state index contributed by atoms with van der Waals surface area (Å²) in [5.41, 5.74) is 5.16. The summed E-state index contributed by atoms with van der Waals surface area (Å²) in [6, 6.07) is 11.1. The Balaban J connectivity index is 1.94. The lowest BCUT2D eigenvalue weighted by atomic mass is 9.51. The standard InChI is InChI=1S/C17H17N/c18-11-6-13-12-16(7-3-8-16)17(9-10-17)15-5-2-1-4-14(13)15/h1-2,4-6H,3,7-10,12H2/b13-6+. The molecule has 2 fully saturated rings. The molecule has 1 aromatic rings. The van der Waals surface area contributed by atoms with E-state index in [0.717, 1.165) is 6.42 Å². The van der Waals surface area contributed by atoms with Gasteiger partial charge >= 0.3 is 0 Å². The van der Waals surface area contributed by atoms with Crippen molar-refractivity contribution in [3.05, 3.63) is 41.5 Å². The lowest BCUT2D eigenvalue weighted by Gasteiger charge is -2.53. The van der Waals surface area contributed by atoms with Gasteiger partial charge in [0.25, 0.3) is 0 Å². The Bertz CT molecular complexity index is 580. The number of benzene rings is 1. The number of hydrogen-bond acceptors (Lipinski definition) is 1. The summed E-state index contributed by atoms with van der Waals surface area (Å²) in [6.45, 7) is 0. The van der Waals surface area contributed by atoms with Crippen LogP contribution in [-0.2, 0) is 5.41 Å². The molecule has 1 heteroatoms. The average Bonchev–Trinajstić information content (AvgIpc) is 3.13. The molecule has 0 N–H and O–H groups in total. The van der Waals surface area contributed by atoms with Gasteiger partial charge in [-0.15, -0.1) is 0 Å². The van der Waals surface area contributed by atoms with E-state index in [2.05, 4.69) is 30.3 Å². The van der Waals surface area contributed by atoms with Crippen molar-refractivity contribution in [1.82, 2.24) is 0 Å². The molecule has 1 aromatic carbocycles. The summed E-state index contributed by atoms with van der Waals surface area (Å²) in [6.07, 6.45) is 9.76. The van der Waals surface area contributed by atoms with Crippen molar-refractivity contribution in [1.29, 1.82) is 5.26 Å². The summed E-state index contributed by atoms with van der Waals surface area (Å²) in [4.78, 5) is 0. The molecule has 3 aliphatic carbocycles. The Morgan fingerprint density at radius 1 is 1.11 bits per heavy atom. The summed E-state index contributed by atoms with van der Waals surface area (Å²) in [5, 5.41) is 9.02. The van der Waals surface area contributed by atoms with E-state index in [0.29, 0.717) is 10.8 Å². The van der Waals surface area contributed by atoms with E-state index in [1.54, 1.807) is 6.08 Å². The second-order valence-electron chi connectivity index (χ2n) is 6.24. The van der Waals surface area contributed by atoms with Crippen LogP contribution in [0.2, 0.25) is 0 Å². The van der Waals surface area contributed by atoms with Gasteiger partial charge in [-0.1, -0.05) is 30.7 Å². The van der Waals surface area contributed by atoms with Gasteiger partial charge in [0.15, 0.2) is 0 Å². The van der Waals surface area contributed by atoms with Crippen LogP contribution in [0.5, 0.6) is 0 Å². The van der Waals surface area contributed by atoms with Crippen molar-refractivity contribution in [2.24, 2.45) is 5.41 Å². The molecule has 0 aromatic heterocycles. The van der Waals surface area contributed by atoms with Crippen LogP contribution in [0, 0.1) is 16.7 Å². The van der Waals surface area contributed by atoms with Crippen molar-refractivity contribution in [2.45, 2.75) is 43.9 Å². The van der Waals surface area contributed by atoms with E-state index in [4.69, 9.17) is 5.26 Å². The zero-order valence-electron chi connectivity index (χ0n) is 10.6. The van der Waals surface area contributed by atoms with Crippen molar-refractivity contribution >= 4 is 5.57 Å². The van der Waals surface area contributed by atoms with Crippen molar-refractivity contribution in [3.63, 3.8) is 0 Å². The quantitative estimate of drug-likeness (QED) is 0.618. The van der Waals surface area contributed by atoms with Gasteiger partial charge in [-0.3, -0.25) is 0 Å². The molecule has 0 heterocycles. The van der Waals surface area contributed by atoms with Gasteiger partial charge in [0.05, 0.1) is 6.07 Å². The molecule has 90 valence electrons. The predicted molar refractivity (Wildman–Crippen MR) is 71.8 cm³/mol. The Kier molecular flexibility index (Phi) is 1.88. The first kappa shape index (κ1) is 10.4. The third-order valence-electron chi connectivity index (χ3n) is 5.63. The van der Waals surface area contributed by atoms with Crippen molar-refractivity contribution in [3.8, 4) is 6.07 Å². The topological polar surface area (TPSA) is 23.8 Å². The highest BCUT2D eigenvalue weighted by atomic mass is 14.7. The van der Waals surface area contributed by atoms with Crippen LogP contribution >= 0.6 is 0 Å². The second-order valence-corrected chi connectivity index (χ2v) is 6.24. The molecule has 2 saturated carbocycles. The second kappa shape index (κ2) is 3.26. The van der Waals surface area contributed by atoms with Crippen LogP contribution in [0.15, 0.2) is 30.3 Å². The van der Waals surface area contributed by atoms with E-state index in [-0.39, 0.29) is 0 Å². The minimum absolute atomic E-state index is 0.481. The summed E-state index contributed by atoms with van der Waals surface area (Å²) >= 11 is 0. The Morgan fingerprint density at radius 3 is 2.50 bits per heavy atom. The maximum Gasteiger partial charge on any atom is 0.0915 e. The average molecular weight is 235 g/mol. The maximum atomic E-state index is 9.02. The van der Waals surface area contributed by atoms with Gasteiger partial charge in [-0.05, 0) is 54.2 Å². The first-order chi connectivity index (χ1) is 8.81. The molecule has 3 aliphatic rings. The molecule has 1 nitrogen and oxygen atoms in total. The minimum Gasteiger partial charge on any atom is -0.193 e. The number of rotatable bonds is 0. The van der Waals surface area contributed by atoms with Crippen molar-refractivity contribution < 1.29 is 0 Å². The van der Waals surface area contributed by atoms with Gasteiger partial charge in [-0.25, -0.2) is 0 Å². The van der Waals surface area contributed by atoms with Crippen LogP contribution in [0.3, 0.4) is 0 Å². The molecule has 18 heavy (non-hydrogen) atoms. The molecule has 0 atom stereocenters. The minimum atomic E-state index is 0.481. The Hall–Kier alpha value is -1.55. The molecule has 0 saturated heterocycles. The number of nitrogens with zero attached hydrogens (tertiary/aromatic N) is 1. The zero-order valence-corrected chi connectivity index (χ0v) is 10.6. The van der Waals surface area contributed by atoms with Gasteiger partial charge < -0.3 is 0 Å². The molecule has 0 bridgehead atoms. The molecular formula is C17H17N. The molecule has 0 unspecified atom stereocenters. The van der Waals surface area contributed by atoms with Crippen LogP contribution in [-0.4, -0.2) is 0 Å². The lowest BCUT2D eigenvalue weighted by Crippen LogP contribution is -2.44. The third kappa shape index (κ3) is 1.07. The largest absolute Gasteiger partial charge is 0.193 e. The van der Waals surface area contributed by atoms with E-state index >= 15 is 0 Å². The highest BCUT2D eigenvalue weighted by Crippen LogP contribution is 2.72. The lowest BCUT2D eigenvalue weighted by molar-refractivity contribution is 0.0777. The predicted octanol–water partition coefficient (Wildman–Crippen LogP) is 4.20. The fourth-order valence-corrected chi connectivity index (χ4v) is 4.49. The van der Waals surface area contributed by atoms with Gasteiger partial charge in [-0.2, -0.15) is 5.26 Å². The Morgan fingerprint density at radius 2 is 1.89 bits per heavy atom. The van der Waals surface area contributed by atoms with Gasteiger partial charge in [0.1, 0.15) is 0 Å². The zero-order chi connectivity index (χ0) is 12.2. The van der Waals surface area contributed by atoms with Crippen molar-refractivity contribution in [2.75, 3.05) is 0 Å². The van der Waals surface area contributed by atoms with Gasteiger partial charge in [0, 0.05) is 11.5 Å². The van der Waals surface area contributed by atoms with Crippen LogP contribution < -0.4 is 0 Å². The molecule has 2 spiro atoms. The highest BCUT2D eigenvalue weighted by molar-refractivity contribution is 5.75. The van der Waals surface area contributed by atoms with E-state index < -0.39 is 0 Å².